The monoisotopic (exact) mass is 276 g/mol. The van der Waals surface area contributed by atoms with Crippen LogP contribution < -0.4 is 10.6 Å². The van der Waals surface area contributed by atoms with Gasteiger partial charge in [0.25, 0.3) is 5.91 Å². The maximum atomic E-state index is 12.2. The molecular formula is C16H24N2O2. The molecule has 1 saturated heterocycles. The fraction of sp³-hybridized carbons (Fsp3) is 0.562. The van der Waals surface area contributed by atoms with Crippen molar-refractivity contribution in [3.05, 3.63) is 34.9 Å². The first-order valence-corrected chi connectivity index (χ1v) is 7.28. The number of aryl methyl sites for hydroxylation is 2. The van der Waals surface area contributed by atoms with Crippen LogP contribution in [0.3, 0.4) is 0 Å². The first-order chi connectivity index (χ1) is 9.48. The molecular weight excluding hydrogens is 252 g/mol. The Balaban J connectivity index is 1.97. The largest absolute Gasteiger partial charge is 0.388 e. The predicted molar refractivity (Wildman–Crippen MR) is 79.9 cm³/mol. The quantitative estimate of drug-likeness (QED) is 0.785. The molecule has 0 unspecified atom stereocenters. The summed E-state index contributed by atoms with van der Waals surface area (Å²) in [6.07, 6.45) is 2.35. The van der Waals surface area contributed by atoms with Crippen LogP contribution in [-0.2, 0) is 0 Å². The summed E-state index contributed by atoms with van der Waals surface area (Å²) in [5.41, 5.74) is 2.04. The van der Waals surface area contributed by atoms with Gasteiger partial charge in [0.1, 0.15) is 0 Å². The number of hydrogen-bond acceptors (Lipinski definition) is 3. The Morgan fingerprint density at radius 1 is 1.25 bits per heavy atom. The number of carbonyl (C=O) groups is 1. The lowest BCUT2D eigenvalue weighted by Crippen LogP contribution is -2.43. The summed E-state index contributed by atoms with van der Waals surface area (Å²) in [7, 11) is 0. The Morgan fingerprint density at radius 3 is 2.65 bits per heavy atom. The molecule has 1 aromatic carbocycles. The highest BCUT2D eigenvalue weighted by atomic mass is 16.3. The highest BCUT2D eigenvalue weighted by molar-refractivity contribution is 5.94. The van der Waals surface area contributed by atoms with E-state index in [9.17, 15) is 9.90 Å². The van der Waals surface area contributed by atoms with Gasteiger partial charge >= 0.3 is 0 Å². The van der Waals surface area contributed by atoms with Gasteiger partial charge in [0.05, 0.1) is 5.60 Å². The molecule has 1 fully saturated rings. The number of nitrogens with one attached hydrogen (secondary N) is 2. The number of aliphatic hydroxyl groups is 1. The van der Waals surface area contributed by atoms with Gasteiger partial charge in [0.2, 0.25) is 0 Å². The summed E-state index contributed by atoms with van der Waals surface area (Å²) in [6.45, 7) is 6.02. The maximum Gasteiger partial charge on any atom is 0.251 e. The molecule has 4 heteroatoms. The second-order valence-corrected chi connectivity index (χ2v) is 5.89. The highest BCUT2D eigenvalue weighted by Gasteiger charge is 2.28. The number of amides is 1. The van der Waals surface area contributed by atoms with Gasteiger partial charge in [-0.3, -0.25) is 4.79 Å². The number of carbonyl (C=O) groups excluding carboxylic acids is 1. The van der Waals surface area contributed by atoms with E-state index in [0.29, 0.717) is 18.5 Å². The van der Waals surface area contributed by atoms with Crippen molar-refractivity contribution in [3.8, 4) is 0 Å². The van der Waals surface area contributed by atoms with E-state index < -0.39 is 5.60 Å². The van der Waals surface area contributed by atoms with Gasteiger partial charge in [-0.2, -0.15) is 0 Å². The van der Waals surface area contributed by atoms with Crippen LogP contribution in [0.5, 0.6) is 0 Å². The predicted octanol–water partition coefficient (Wildman–Crippen LogP) is 1.54. The Labute approximate surface area is 120 Å². The molecule has 1 amide bonds. The zero-order valence-corrected chi connectivity index (χ0v) is 12.3. The normalized spacial score (nSPS) is 23.1. The molecule has 1 aliphatic heterocycles. The topological polar surface area (TPSA) is 61.4 Å². The maximum absolute atomic E-state index is 12.2. The van der Waals surface area contributed by atoms with E-state index in [2.05, 4.69) is 10.6 Å². The lowest BCUT2D eigenvalue weighted by atomic mass is 9.94. The standard InChI is InChI=1S/C16H24N2O2/c1-12-8-13(2)10-14(9-12)15(19)18-11-16(20)4-3-6-17-7-5-16/h8-10,17,20H,3-7,11H2,1-2H3,(H,18,19)/t16-/m1/s1. The van der Waals surface area contributed by atoms with E-state index in [0.717, 1.165) is 37.1 Å². The first-order valence-electron chi connectivity index (χ1n) is 7.28. The first kappa shape index (κ1) is 15.0. The third-order valence-electron chi connectivity index (χ3n) is 3.82. The summed E-state index contributed by atoms with van der Waals surface area (Å²) in [5, 5.41) is 16.6. The molecule has 2 rings (SSSR count). The molecule has 1 heterocycles. The SMILES string of the molecule is Cc1cc(C)cc(C(=O)NC[C@@]2(O)CCCNCC2)c1. The summed E-state index contributed by atoms with van der Waals surface area (Å²) < 4.78 is 0. The second kappa shape index (κ2) is 6.37. The molecule has 1 aliphatic rings. The number of hydrogen-bond donors (Lipinski definition) is 3. The minimum absolute atomic E-state index is 0.109. The van der Waals surface area contributed by atoms with Crippen LogP contribution in [0.4, 0.5) is 0 Å². The minimum Gasteiger partial charge on any atom is -0.388 e. The molecule has 20 heavy (non-hydrogen) atoms. The lowest BCUT2D eigenvalue weighted by molar-refractivity contribution is 0.0276. The Morgan fingerprint density at radius 2 is 1.95 bits per heavy atom. The molecule has 0 saturated carbocycles. The van der Waals surface area contributed by atoms with Crippen molar-refractivity contribution in [2.45, 2.75) is 38.7 Å². The van der Waals surface area contributed by atoms with E-state index in [4.69, 9.17) is 0 Å². The van der Waals surface area contributed by atoms with Crippen LogP contribution >= 0.6 is 0 Å². The van der Waals surface area contributed by atoms with Crippen LogP contribution in [0.2, 0.25) is 0 Å². The Bertz CT molecular complexity index is 457. The van der Waals surface area contributed by atoms with E-state index in [1.807, 2.05) is 32.0 Å². The fourth-order valence-corrected chi connectivity index (χ4v) is 2.74. The molecule has 0 radical (unpaired) electrons. The summed E-state index contributed by atoms with van der Waals surface area (Å²) in [6, 6.07) is 5.79. The molecule has 0 bridgehead atoms. The molecule has 4 nitrogen and oxygen atoms in total. The molecule has 3 N–H and O–H groups in total. The Hall–Kier alpha value is -1.39. The van der Waals surface area contributed by atoms with Crippen molar-refractivity contribution in [2.75, 3.05) is 19.6 Å². The van der Waals surface area contributed by atoms with Crippen molar-refractivity contribution in [3.63, 3.8) is 0 Å². The molecule has 1 aromatic rings. The number of benzene rings is 1. The van der Waals surface area contributed by atoms with Crippen molar-refractivity contribution in [2.24, 2.45) is 0 Å². The van der Waals surface area contributed by atoms with Gasteiger partial charge in [-0.15, -0.1) is 0 Å². The highest BCUT2D eigenvalue weighted by Crippen LogP contribution is 2.18. The fourth-order valence-electron chi connectivity index (χ4n) is 2.74. The second-order valence-electron chi connectivity index (χ2n) is 5.89. The zero-order valence-electron chi connectivity index (χ0n) is 12.3. The third kappa shape index (κ3) is 4.05. The molecule has 110 valence electrons. The van der Waals surface area contributed by atoms with Crippen molar-refractivity contribution < 1.29 is 9.90 Å². The van der Waals surface area contributed by atoms with Gasteiger partial charge in [0, 0.05) is 12.1 Å². The van der Waals surface area contributed by atoms with E-state index in [1.165, 1.54) is 0 Å². The third-order valence-corrected chi connectivity index (χ3v) is 3.82. The average Bonchev–Trinajstić information content (AvgIpc) is 2.60. The van der Waals surface area contributed by atoms with Crippen LogP contribution in [0.1, 0.15) is 40.7 Å². The van der Waals surface area contributed by atoms with Crippen molar-refractivity contribution in [1.29, 1.82) is 0 Å². The van der Waals surface area contributed by atoms with E-state index >= 15 is 0 Å². The van der Waals surface area contributed by atoms with Crippen molar-refractivity contribution in [1.82, 2.24) is 10.6 Å². The average molecular weight is 276 g/mol. The van der Waals surface area contributed by atoms with Gasteiger partial charge in [0.15, 0.2) is 0 Å². The Kier molecular flexibility index (Phi) is 4.78. The molecule has 0 aromatic heterocycles. The molecule has 0 aliphatic carbocycles. The zero-order chi connectivity index (χ0) is 14.6. The van der Waals surface area contributed by atoms with Crippen LogP contribution in [0, 0.1) is 13.8 Å². The molecule has 1 atom stereocenters. The number of rotatable bonds is 3. The van der Waals surface area contributed by atoms with Gasteiger partial charge < -0.3 is 15.7 Å². The van der Waals surface area contributed by atoms with Crippen LogP contribution in [0.15, 0.2) is 18.2 Å². The van der Waals surface area contributed by atoms with Gasteiger partial charge in [-0.25, -0.2) is 0 Å². The summed E-state index contributed by atoms with van der Waals surface area (Å²) in [5.74, 6) is -0.109. The minimum atomic E-state index is -0.780. The van der Waals surface area contributed by atoms with Gasteiger partial charge in [-0.05, 0) is 58.3 Å². The van der Waals surface area contributed by atoms with Crippen molar-refractivity contribution >= 4 is 5.91 Å². The summed E-state index contributed by atoms with van der Waals surface area (Å²) in [4.78, 5) is 12.2. The van der Waals surface area contributed by atoms with Crippen LogP contribution in [-0.4, -0.2) is 36.2 Å². The van der Waals surface area contributed by atoms with Gasteiger partial charge in [-0.1, -0.05) is 17.2 Å². The lowest BCUT2D eigenvalue weighted by Gasteiger charge is -2.26. The van der Waals surface area contributed by atoms with Crippen LogP contribution in [0.25, 0.3) is 0 Å². The smallest absolute Gasteiger partial charge is 0.251 e. The van der Waals surface area contributed by atoms with E-state index in [1.54, 1.807) is 0 Å². The molecule has 0 spiro atoms. The van der Waals surface area contributed by atoms with E-state index in [-0.39, 0.29) is 5.91 Å². The summed E-state index contributed by atoms with van der Waals surface area (Å²) >= 11 is 0.